The predicted molar refractivity (Wildman–Crippen MR) is 74.1 cm³/mol. The lowest BCUT2D eigenvalue weighted by Gasteiger charge is -2.07. The van der Waals surface area contributed by atoms with Crippen LogP contribution < -0.4 is 5.73 Å². The molecule has 0 atom stereocenters. The highest BCUT2D eigenvalue weighted by Gasteiger charge is 2.03. The van der Waals surface area contributed by atoms with E-state index in [1.807, 2.05) is 37.3 Å². The monoisotopic (exact) mass is 255 g/mol. The molecule has 0 spiro atoms. The average molecular weight is 255 g/mol. The van der Waals surface area contributed by atoms with Gasteiger partial charge in [-0.3, -0.25) is 0 Å². The molecule has 0 bridgehead atoms. The summed E-state index contributed by atoms with van der Waals surface area (Å²) in [6, 6.07) is 11.7. The number of hydrogen-bond donors (Lipinski definition) is 1. The summed E-state index contributed by atoms with van der Waals surface area (Å²) in [6.07, 6.45) is 1.67. The number of benzene rings is 1. The molecule has 0 radical (unpaired) electrons. The Balaban J connectivity index is 2.12. The van der Waals surface area contributed by atoms with Crippen molar-refractivity contribution in [1.29, 1.82) is 5.26 Å². The molecule has 0 amide bonds. The number of nitriles is 1. The van der Waals surface area contributed by atoms with Gasteiger partial charge in [0.15, 0.2) is 0 Å². The van der Waals surface area contributed by atoms with Gasteiger partial charge in [-0.05, 0) is 42.3 Å². The molecule has 0 saturated heterocycles. The van der Waals surface area contributed by atoms with Gasteiger partial charge in [0.2, 0.25) is 0 Å². The Hall–Kier alpha value is -1.99. The molecule has 0 saturated carbocycles. The summed E-state index contributed by atoms with van der Waals surface area (Å²) >= 11 is 1.72. The zero-order valence-corrected chi connectivity index (χ0v) is 10.9. The Morgan fingerprint density at radius 1 is 1.39 bits per heavy atom. The van der Waals surface area contributed by atoms with E-state index in [9.17, 15) is 0 Å². The van der Waals surface area contributed by atoms with Crippen LogP contribution in [0.1, 0.15) is 16.8 Å². The van der Waals surface area contributed by atoms with E-state index in [-0.39, 0.29) is 0 Å². The van der Waals surface area contributed by atoms with E-state index in [0.717, 1.165) is 22.6 Å². The van der Waals surface area contributed by atoms with Crippen LogP contribution in [-0.4, -0.2) is 4.98 Å². The maximum atomic E-state index is 8.79. The number of nitrogens with zero attached hydrogens (tertiary/aromatic N) is 2. The van der Waals surface area contributed by atoms with Gasteiger partial charge in [0.05, 0.1) is 0 Å². The second-order valence-corrected chi connectivity index (χ2v) is 4.94. The fourth-order valence-electron chi connectivity index (χ4n) is 1.57. The predicted octanol–water partition coefficient (Wildman–Crippen LogP) is 3.14. The topological polar surface area (TPSA) is 62.7 Å². The zero-order valence-electron chi connectivity index (χ0n) is 10.1. The lowest BCUT2D eigenvalue weighted by molar-refractivity contribution is 1.22. The van der Waals surface area contributed by atoms with E-state index < -0.39 is 0 Å². The standard InChI is InChI=1S/C14H13N3S/c1-10-13(16)3-2-4-14(10)18-9-11-5-6-17-12(7-11)8-15/h2-7H,9,16H2,1H3. The maximum Gasteiger partial charge on any atom is 0.140 e. The second kappa shape index (κ2) is 5.56. The van der Waals surface area contributed by atoms with Gasteiger partial charge in [-0.2, -0.15) is 5.26 Å². The van der Waals surface area contributed by atoms with Crippen molar-refractivity contribution in [1.82, 2.24) is 4.98 Å². The third-order valence-corrected chi connectivity index (χ3v) is 3.89. The molecule has 90 valence electrons. The van der Waals surface area contributed by atoms with Gasteiger partial charge in [0, 0.05) is 22.5 Å². The minimum atomic E-state index is 0.456. The van der Waals surface area contributed by atoms with E-state index in [0.29, 0.717) is 5.69 Å². The molecule has 1 heterocycles. The number of nitrogen functional groups attached to an aromatic ring is 1. The van der Waals surface area contributed by atoms with Crippen molar-refractivity contribution in [2.45, 2.75) is 17.6 Å². The molecule has 2 aromatic rings. The highest BCUT2D eigenvalue weighted by molar-refractivity contribution is 7.98. The first-order chi connectivity index (χ1) is 8.70. The van der Waals surface area contributed by atoms with Crippen LogP contribution in [0.2, 0.25) is 0 Å². The average Bonchev–Trinajstić information content (AvgIpc) is 2.41. The Labute approximate surface area is 111 Å². The number of anilines is 1. The Morgan fingerprint density at radius 2 is 2.22 bits per heavy atom. The molecular weight excluding hydrogens is 242 g/mol. The van der Waals surface area contributed by atoms with Crippen LogP contribution in [0.3, 0.4) is 0 Å². The van der Waals surface area contributed by atoms with Gasteiger partial charge in [-0.1, -0.05) is 6.07 Å². The van der Waals surface area contributed by atoms with E-state index >= 15 is 0 Å². The number of nitrogens with two attached hydrogens (primary N) is 1. The molecule has 0 aliphatic heterocycles. The zero-order chi connectivity index (χ0) is 13.0. The van der Waals surface area contributed by atoms with Crippen molar-refractivity contribution in [2.75, 3.05) is 5.73 Å². The van der Waals surface area contributed by atoms with Crippen molar-refractivity contribution >= 4 is 17.4 Å². The smallest absolute Gasteiger partial charge is 0.140 e. The summed E-state index contributed by atoms with van der Waals surface area (Å²) in [5.41, 5.74) is 9.34. The van der Waals surface area contributed by atoms with Gasteiger partial charge >= 0.3 is 0 Å². The highest BCUT2D eigenvalue weighted by Crippen LogP contribution is 2.28. The summed E-state index contributed by atoms with van der Waals surface area (Å²) < 4.78 is 0. The minimum absolute atomic E-state index is 0.456. The first-order valence-electron chi connectivity index (χ1n) is 5.53. The third kappa shape index (κ3) is 2.82. The van der Waals surface area contributed by atoms with Gasteiger partial charge in [0.25, 0.3) is 0 Å². The molecule has 1 aromatic carbocycles. The van der Waals surface area contributed by atoms with Crippen LogP contribution >= 0.6 is 11.8 Å². The van der Waals surface area contributed by atoms with Crippen molar-refractivity contribution in [3.63, 3.8) is 0 Å². The van der Waals surface area contributed by atoms with E-state index in [4.69, 9.17) is 11.0 Å². The summed E-state index contributed by atoms with van der Waals surface area (Å²) in [7, 11) is 0. The third-order valence-electron chi connectivity index (χ3n) is 2.66. The van der Waals surface area contributed by atoms with Crippen molar-refractivity contribution in [3.8, 4) is 6.07 Å². The first-order valence-corrected chi connectivity index (χ1v) is 6.52. The van der Waals surface area contributed by atoms with E-state index in [1.54, 1.807) is 18.0 Å². The molecule has 2 N–H and O–H groups in total. The molecule has 0 aliphatic rings. The quantitative estimate of drug-likeness (QED) is 0.676. The minimum Gasteiger partial charge on any atom is -0.398 e. The number of aromatic nitrogens is 1. The van der Waals surface area contributed by atoms with Gasteiger partial charge in [-0.25, -0.2) is 4.98 Å². The van der Waals surface area contributed by atoms with Crippen LogP contribution in [0, 0.1) is 18.3 Å². The molecule has 3 nitrogen and oxygen atoms in total. The maximum absolute atomic E-state index is 8.79. The Morgan fingerprint density at radius 3 is 3.00 bits per heavy atom. The SMILES string of the molecule is Cc1c(N)cccc1SCc1ccnc(C#N)c1. The largest absolute Gasteiger partial charge is 0.398 e. The molecule has 2 rings (SSSR count). The van der Waals surface area contributed by atoms with Crippen molar-refractivity contribution in [3.05, 3.63) is 53.3 Å². The van der Waals surface area contributed by atoms with Crippen LogP contribution in [0.5, 0.6) is 0 Å². The molecule has 4 heteroatoms. The summed E-state index contributed by atoms with van der Waals surface area (Å²) in [6.45, 7) is 2.02. The van der Waals surface area contributed by atoms with Crippen LogP contribution in [0.15, 0.2) is 41.4 Å². The molecule has 0 unspecified atom stereocenters. The highest BCUT2D eigenvalue weighted by atomic mass is 32.2. The second-order valence-electron chi connectivity index (χ2n) is 3.92. The normalized spacial score (nSPS) is 10.0. The van der Waals surface area contributed by atoms with Crippen LogP contribution in [-0.2, 0) is 5.75 Å². The number of pyridine rings is 1. The molecule has 0 fully saturated rings. The summed E-state index contributed by atoms with van der Waals surface area (Å²) in [4.78, 5) is 5.13. The summed E-state index contributed by atoms with van der Waals surface area (Å²) in [5, 5.41) is 8.79. The van der Waals surface area contributed by atoms with E-state index in [1.165, 1.54) is 4.90 Å². The molecule has 0 aliphatic carbocycles. The van der Waals surface area contributed by atoms with Crippen LogP contribution in [0.25, 0.3) is 0 Å². The number of thioether (sulfide) groups is 1. The van der Waals surface area contributed by atoms with Crippen molar-refractivity contribution < 1.29 is 0 Å². The van der Waals surface area contributed by atoms with E-state index in [2.05, 4.69) is 11.1 Å². The Kier molecular flexibility index (Phi) is 3.85. The first kappa shape index (κ1) is 12.5. The van der Waals surface area contributed by atoms with Crippen molar-refractivity contribution in [2.24, 2.45) is 0 Å². The fraction of sp³-hybridized carbons (Fsp3) is 0.143. The van der Waals surface area contributed by atoms with Crippen LogP contribution in [0.4, 0.5) is 5.69 Å². The number of rotatable bonds is 3. The van der Waals surface area contributed by atoms with Gasteiger partial charge in [0.1, 0.15) is 11.8 Å². The molecule has 18 heavy (non-hydrogen) atoms. The number of hydrogen-bond acceptors (Lipinski definition) is 4. The lowest BCUT2D eigenvalue weighted by Crippen LogP contribution is -1.91. The van der Waals surface area contributed by atoms with Gasteiger partial charge < -0.3 is 5.73 Å². The fourth-order valence-corrected chi connectivity index (χ4v) is 2.58. The Bertz CT molecular complexity index is 602. The lowest BCUT2D eigenvalue weighted by atomic mass is 10.2. The molecular formula is C14H13N3S. The molecule has 1 aromatic heterocycles. The summed E-state index contributed by atoms with van der Waals surface area (Å²) in [5.74, 6) is 0.807. The van der Waals surface area contributed by atoms with Gasteiger partial charge in [-0.15, -0.1) is 11.8 Å².